The number of nitrogens with zero attached hydrogens (tertiary/aromatic N) is 2. The number of benzene rings is 1. The quantitative estimate of drug-likeness (QED) is 0.791. The molecule has 0 unspecified atom stereocenters. The minimum atomic E-state index is 0.720. The van der Waals surface area contributed by atoms with Crippen LogP contribution in [0.25, 0.3) is 11.3 Å². The third kappa shape index (κ3) is 1.90. The van der Waals surface area contributed by atoms with E-state index in [1.54, 1.807) is 12.4 Å². The largest absolute Gasteiger partial charge is 0.399 e. The molecule has 3 nitrogen and oxygen atoms in total. The van der Waals surface area contributed by atoms with Crippen molar-refractivity contribution < 1.29 is 0 Å². The van der Waals surface area contributed by atoms with Crippen molar-refractivity contribution in [1.29, 1.82) is 0 Å². The Hall–Kier alpha value is -1.42. The lowest BCUT2D eigenvalue weighted by Gasteiger charge is -2.01. The summed E-state index contributed by atoms with van der Waals surface area (Å²) in [6.07, 6.45) is 3.36. The maximum absolute atomic E-state index is 5.67. The zero-order valence-electron chi connectivity index (χ0n) is 7.31. The van der Waals surface area contributed by atoms with Gasteiger partial charge in [-0.25, -0.2) is 4.98 Å². The summed E-state index contributed by atoms with van der Waals surface area (Å²) in [5.74, 6) is 0. The van der Waals surface area contributed by atoms with Crippen molar-refractivity contribution in [2.24, 2.45) is 0 Å². The molecule has 1 aromatic heterocycles. The standard InChI is InChI=1S/C10H8BrN3/c11-10-6-13-5-9(14-10)7-2-1-3-8(12)4-7/h1-6H,12H2. The molecule has 1 aromatic carbocycles. The van der Waals surface area contributed by atoms with Crippen molar-refractivity contribution in [3.8, 4) is 11.3 Å². The summed E-state index contributed by atoms with van der Waals surface area (Å²) in [5, 5.41) is 0. The van der Waals surface area contributed by atoms with Gasteiger partial charge >= 0.3 is 0 Å². The highest BCUT2D eigenvalue weighted by Crippen LogP contribution is 2.19. The number of hydrogen-bond donors (Lipinski definition) is 1. The third-order valence-electron chi connectivity index (χ3n) is 1.79. The summed E-state index contributed by atoms with van der Waals surface area (Å²) >= 11 is 3.27. The van der Waals surface area contributed by atoms with Gasteiger partial charge in [-0.1, -0.05) is 12.1 Å². The number of hydrogen-bond acceptors (Lipinski definition) is 3. The van der Waals surface area contributed by atoms with E-state index in [1.807, 2.05) is 24.3 Å². The smallest absolute Gasteiger partial charge is 0.125 e. The summed E-state index contributed by atoms with van der Waals surface area (Å²) < 4.78 is 0.720. The minimum absolute atomic E-state index is 0.720. The molecule has 0 spiro atoms. The van der Waals surface area contributed by atoms with Gasteiger partial charge in [-0.2, -0.15) is 0 Å². The van der Waals surface area contributed by atoms with Crippen molar-refractivity contribution in [2.75, 3.05) is 5.73 Å². The SMILES string of the molecule is Nc1cccc(-c2cncc(Br)n2)c1. The lowest BCUT2D eigenvalue weighted by Crippen LogP contribution is -1.88. The number of nitrogens with two attached hydrogens (primary N) is 1. The second-order valence-corrected chi connectivity index (χ2v) is 3.66. The molecule has 14 heavy (non-hydrogen) atoms. The zero-order valence-corrected chi connectivity index (χ0v) is 8.90. The van der Waals surface area contributed by atoms with Crippen LogP contribution in [0.1, 0.15) is 0 Å². The van der Waals surface area contributed by atoms with Crippen molar-refractivity contribution >= 4 is 21.6 Å². The monoisotopic (exact) mass is 249 g/mol. The molecule has 0 atom stereocenters. The first-order valence-corrected chi connectivity index (χ1v) is 4.88. The minimum Gasteiger partial charge on any atom is -0.399 e. The first kappa shape index (κ1) is 9.15. The van der Waals surface area contributed by atoms with Crippen LogP contribution >= 0.6 is 15.9 Å². The Labute approximate surface area is 90.1 Å². The van der Waals surface area contributed by atoms with E-state index in [9.17, 15) is 0 Å². The summed E-state index contributed by atoms with van der Waals surface area (Å²) in [7, 11) is 0. The maximum atomic E-state index is 5.67. The summed E-state index contributed by atoms with van der Waals surface area (Å²) in [5.41, 5.74) is 8.18. The van der Waals surface area contributed by atoms with E-state index < -0.39 is 0 Å². The van der Waals surface area contributed by atoms with Crippen molar-refractivity contribution in [3.63, 3.8) is 0 Å². The highest BCUT2D eigenvalue weighted by Gasteiger charge is 2.00. The fraction of sp³-hybridized carbons (Fsp3) is 0. The third-order valence-corrected chi connectivity index (χ3v) is 2.17. The van der Waals surface area contributed by atoms with Crippen LogP contribution in [0.5, 0.6) is 0 Å². The molecule has 0 amide bonds. The maximum Gasteiger partial charge on any atom is 0.125 e. The van der Waals surface area contributed by atoms with Crippen molar-refractivity contribution in [2.45, 2.75) is 0 Å². The molecule has 2 aromatic rings. The van der Waals surface area contributed by atoms with Gasteiger partial charge in [0, 0.05) is 11.3 Å². The van der Waals surface area contributed by atoms with E-state index in [-0.39, 0.29) is 0 Å². The van der Waals surface area contributed by atoms with Gasteiger partial charge in [0.2, 0.25) is 0 Å². The predicted molar refractivity (Wildman–Crippen MR) is 59.6 cm³/mol. The van der Waals surface area contributed by atoms with Crippen LogP contribution in [0.2, 0.25) is 0 Å². The van der Waals surface area contributed by atoms with Crippen LogP contribution in [-0.4, -0.2) is 9.97 Å². The van der Waals surface area contributed by atoms with Gasteiger partial charge < -0.3 is 5.73 Å². The van der Waals surface area contributed by atoms with Crippen molar-refractivity contribution in [1.82, 2.24) is 9.97 Å². The normalized spacial score (nSPS) is 10.1. The Morgan fingerprint density at radius 2 is 2.07 bits per heavy atom. The number of nitrogen functional groups attached to an aromatic ring is 1. The topological polar surface area (TPSA) is 51.8 Å². The van der Waals surface area contributed by atoms with Gasteiger partial charge in [-0.15, -0.1) is 0 Å². The Morgan fingerprint density at radius 1 is 1.21 bits per heavy atom. The van der Waals surface area contributed by atoms with E-state index in [1.165, 1.54) is 0 Å². The van der Waals surface area contributed by atoms with Gasteiger partial charge in [-0.05, 0) is 28.1 Å². The molecule has 0 saturated carbocycles. The first-order chi connectivity index (χ1) is 6.75. The van der Waals surface area contributed by atoms with E-state index >= 15 is 0 Å². The van der Waals surface area contributed by atoms with Crippen LogP contribution in [0.3, 0.4) is 0 Å². The summed E-state index contributed by atoms with van der Waals surface area (Å²) in [6, 6.07) is 7.56. The first-order valence-electron chi connectivity index (χ1n) is 4.09. The van der Waals surface area contributed by atoms with Crippen LogP contribution in [-0.2, 0) is 0 Å². The van der Waals surface area contributed by atoms with E-state index in [4.69, 9.17) is 5.73 Å². The Kier molecular flexibility index (Phi) is 2.45. The second-order valence-electron chi connectivity index (χ2n) is 2.85. The Morgan fingerprint density at radius 3 is 2.79 bits per heavy atom. The molecular formula is C10H8BrN3. The molecule has 0 bridgehead atoms. The molecule has 1 heterocycles. The average Bonchev–Trinajstić information content (AvgIpc) is 2.18. The van der Waals surface area contributed by atoms with Gasteiger partial charge in [-0.3, -0.25) is 4.98 Å². The highest BCUT2D eigenvalue weighted by molar-refractivity contribution is 9.10. The second kappa shape index (κ2) is 3.75. The molecule has 4 heteroatoms. The molecule has 2 rings (SSSR count). The van der Waals surface area contributed by atoms with Gasteiger partial charge in [0.1, 0.15) is 4.60 Å². The zero-order chi connectivity index (χ0) is 9.97. The number of anilines is 1. The van der Waals surface area contributed by atoms with E-state index in [0.717, 1.165) is 21.5 Å². The molecule has 0 aliphatic heterocycles. The molecule has 70 valence electrons. The molecule has 2 N–H and O–H groups in total. The Balaban J connectivity index is 2.49. The van der Waals surface area contributed by atoms with Gasteiger partial charge in [0.15, 0.2) is 0 Å². The van der Waals surface area contributed by atoms with Crippen LogP contribution in [0, 0.1) is 0 Å². The van der Waals surface area contributed by atoms with Gasteiger partial charge in [0.25, 0.3) is 0 Å². The number of aromatic nitrogens is 2. The van der Waals surface area contributed by atoms with Crippen LogP contribution in [0.4, 0.5) is 5.69 Å². The summed E-state index contributed by atoms with van der Waals surface area (Å²) in [4.78, 5) is 8.32. The van der Waals surface area contributed by atoms with Crippen molar-refractivity contribution in [3.05, 3.63) is 41.3 Å². The fourth-order valence-corrected chi connectivity index (χ4v) is 1.49. The molecule has 0 fully saturated rings. The molecule has 0 radical (unpaired) electrons. The molecule has 0 saturated heterocycles. The lowest BCUT2D eigenvalue weighted by molar-refractivity contribution is 1.17. The van der Waals surface area contributed by atoms with E-state index in [2.05, 4.69) is 25.9 Å². The Bertz CT molecular complexity index is 413. The predicted octanol–water partition coefficient (Wildman–Crippen LogP) is 2.49. The number of rotatable bonds is 1. The summed E-state index contributed by atoms with van der Waals surface area (Å²) in [6.45, 7) is 0. The average molecular weight is 250 g/mol. The number of halogens is 1. The fourth-order valence-electron chi connectivity index (χ4n) is 1.18. The molecule has 0 aliphatic rings. The van der Waals surface area contributed by atoms with Gasteiger partial charge in [0.05, 0.1) is 18.1 Å². The highest BCUT2D eigenvalue weighted by atomic mass is 79.9. The van der Waals surface area contributed by atoms with E-state index in [0.29, 0.717) is 0 Å². The molecular weight excluding hydrogens is 242 g/mol. The van der Waals surface area contributed by atoms with Crippen LogP contribution in [0.15, 0.2) is 41.3 Å². The van der Waals surface area contributed by atoms with Crippen LogP contribution < -0.4 is 5.73 Å². The molecule has 0 aliphatic carbocycles. The lowest BCUT2D eigenvalue weighted by atomic mass is 10.1.